The summed E-state index contributed by atoms with van der Waals surface area (Å²) in [5.74, 6) is 0.0160. The molecule has 0 saturated carbocycles. The summed E-state index contributed by atoms with van der Waals surface area (Å²) in [4.78, 5) is 25.9. The molecule has 0 aliphatic carbocycles. The van der Waals surface area contributed by atoms with E-state index < -0.39 is 17.8 Å². The Labute approximate surface area is 178 Å². The number of nitrogens with one attached hydrogen (secondary N) is 4. The molecule has 0 bridgehead atoms. The zero-order valence-corrected chi connectivity index (χ0v) is 17.1. The van der Waals surface area contributed by atoms with Gasteiger partial charge in [-0.15, -0.1) is 0 Å². The Balaban J connectivity index is 1.31. The van der Waals surface area contributed by atoms with E-state index in [0.29, 0.717) is 44.0 Å². The van der Waals surface area contributed by atoms with Crippen LogP contribution < -0.4 is 21.7 Å². The highest BCUT2D eigenvalue weighted by Crippen LogP contribution is 2.29. The summed E-state index contributed by atoms with van der Waals surface area (Å²) >= 11 is 0. The van der Waals surface area contributed by atoms with E-state index in [4.69, 9.17) is 4.74 Å². The molecule has 2 heterocycles. The number of hydrogen-bond donors (Lipinski definition) is 4. The van der Waals surface area contributed by atoms with E-state index in [1.54, 1.807) is 4.90 Å². The smallest absolute Gasteiger partial charge is 0.416 e. The van der Waals surface area contributed by atoms with Crippen LogP contribution in [0.15, 0.2) is 24.3 Å². The van der Waals surface area contributed by atoms with Gasteiger partial charge in [0.1, 0.15) is 6.61 Å². The summed E-state index contributed by atoms with van der Waals surface area (Å²) in [7, 11) is 0. The third-order valence-corrected chi connectivity index (χ3v) is 5.43. The first kappa shape index (κ1) is 23.3. The number of benzene rings is 1. The minimum atomic E-state index is -4.39. The van der Waals surface area contributed by atoms with Gasteiger partial charge in [0.2, 0.25) is 5.91 Å². The molecule has 1 unspecified atom stereocenters. The molecule has 11 heteroatoms. The first-order valence-corrected chi connectivity index (χ1v) is 10.4. The van der Waals surface area contributed by atoms with Crippen molar-refractivity contribution in [2.45, 2.75) is 57.0 Å². The first-order chi connectivity index (χ1) is 14.8. The zero-order valence-electron chi connectivity index (χ0n) is 17.1. The van der Waals surface area contributed by atoms with Crippen LogP contribution in [0.3, 0.4) is 0 Å². The Hall–Kier alpha value is -2.37. The molecule has 1 atom stereocenters. The van der Waals surface area contributed by atoms with Gasteiger partial charge in [-0.3, -0.25) is 4.79 Å². The predicted octanol–water partition coefficient (Wildman–Crippen LogP) is 2.07. The highest BCUT2D eigenvalue weighted by molar-refractivity contribution is 5.76. The van der Waals surface area contributed by atoms with Gasteiger partial charge in [0.15, 0.2) is 0 Å². The van der Waals surface area contributed by atoms with E-state index in [2.05, 4.69) is 21.7 Å². The minimum Gasteiger partial charge on any atom is -0.445 e. The van der Waals surface area contributed by atoms with Gasteiger partial charge in [0.25, 0.3) is 0 Å². The Bertz CT molecular complexity index is 731. The number of hydrogen-bond acceptors (Lipinski definition) is 6. The molecule has 172 valence electrons. The van der Waals surface area contributed by atoms with Gasteiger partial charge in [-0.2, -0.15) is 18.7 Å². The van der Waals surface area contributed by atoms with E-state index in [0.717, 1.165) is 31.5 Å². The van der Waals surface area contributed by atoms with Gasteiger partial charge in [-0.1, -0.05) is 12.1 Å². The molecule has 8 nitrogen and oxygen atoms in total. The predicted molar refractivity (Wildman–Crippen MR) is 106 cm³/mol. The Morgan fingerprint density at radius 1 is 1.16 bits per heavy atom. The fourth-order valence-corrected chi connectivity index (χ4v) is 3.59. The average Bonchev–Trinajstić information content (AvgIpc) is 3.26. The van der Waals surface area contributed by atoms with E-state index in [1.165, 1.54) is 12.1 Å². The molecule has 0 spiro atoms. The molecule has 2 fully saturated rings. The lowest BCUT2D eigenvalue weighted by molar-refractivity contribution is -0.137. The average molecular weight is 443 g/mol. The van der Waals surface area contributed by atoms with Gasteiger partial charge < -0.3 is 15.0 Å². The van der Waals surface area contributed by atoms with Gasteiger partial charge in [0, 0.05) is 38.1 Å². The molecule has 2 aliphatic heterocycles. The molecular formula is C20H28F3N5O3. The fourth-order valence-electron chi connectivity index (χ4n) is 3.59. The molecule has 2 saturated heterocycles. The molecule has 2 amide bonds. The normalized spacial score (nSPS) is 20.0. The fraction of sp³-hybridized carbons (Fsp3) is 0.600. The number of halogens is 3. The summed E-state index contributed by atoms with van der Waals surface area (Å²) in [5.41, 5.74) is 8.62. The van der Waals surface area contributed by atoms with Crippen LogP contribution in [0.2, 0.25) is 0 Å². The lowest BCUT2D eigenvalue weighted by Gasteiger charge is -2.31. The number of rotatable bonds is 7. The number of nitrogens with zero attached hydrogens (tertiary/aromatic N) is 1. The second kappa shape index (κ2) is 10.8. The van der Waals surface area contributed by atoms with Crippen molar-refractivity contribution in [3.63, 3.8) is 0 Å². The molecule has 1 aromatic carbocycles. The second-order valence-corrected chi connectivity index (χ2v) is 7.82. The Morgan fingerprint density at radius 3 is 2.48 bits per heavy atom. The maximum atomic E-state index is 12.6. The maximum Gasteiger partial charge on any atom is 0.416 e. The molecular weight excluding hydrogens is 415 g/mol. The first-order valence-electron chi connectivity index (χ1n) is 10.4. The molecule has 0 radical (unpaired) electrons. The summed E-state index contributed by atoms with van der Waals surface area (Å²) in [5, 5.41) is 3.02. The molecule has 1 aromatic rings. The number of carbonyl (C=O) groups is 2. The number of hydrazine groups is 2. The Kier molecular flexibility index (Phi) is 8.10. The largest absolute Gasteiger partial charge is 0.445 e. The van der Waals surface area contributed by atoms with Crippen molar-refractivity contribution in [1.29, 1.82) is 0 Å². The molecule has 4 N–H and O–H groups in total. The van der Waals surface area contributed by atoms with Gasteiger partial charge in [0.05, 0.1) is 5.56 Å². The van der Waals surface area contributed by atoms with Crippen LogP contribution in [0.5, 0.6) is 0 Å². The number of amides is 2. The lowest BCUT2D eigenvalue weighted by atomic mass is 10.0. The number of carbonyl (C=O) groups excluding carboxylic acids is 2. The number of ether oxygens (including phenoxy) is 1. The van der Waals surface area contributed by atoms with E-state index in [9.17, 15) is 22.8 Å². The van der Waals surface area contributed by atoms with Crippen molar-refractivity contribution < 1.29 is 27.5 Å². The van der Waals surface area contributed by atoms with E-state index >= 15 is 0 Å². The summed E-state index contributed by atoms with van der Waals surface area (Å²) < 4.78 is 43.0. The van der Waals surface area contributed by atoms with Crippen molar-refractivity contribution in [2.75, 3.05) is 19.6 Å². The summed E-state index contributed by atoms with van der Waals surface area (Å²) in [6, 6.07) is 4.88. The third kappa shape index (κ3) is 7.37. The van der Waals surface area contributed by atoms with Crippen LogP contribution in [-0.4, -0.2) is 48.6 Å². The number of alkyl halides is 3. The monoisotopic (exact) mass is 443 g/mol. The van der Waals surface area contributed by atoms with Crippen molar-refractivity contribution >= 4 is 12.0 Å². The van der Waals surface area contributed by atoms with Crippen LogP contribution in [0.4, 0.5) is 18.0 Å². The van der Waals surface area contributed by atoms with Gasteiger partial charge >= 0.3 is 12.3 Å². The standard InChI is InChI=1S/C20H28F3N5O3/c21-20(22,23)15-6-4-14(5-7-15)13-31-19(30)28-10-8-16(9-11-28)25-18(29)3-1-2-17-12-24-27-26-17/h4-7,16-17,24,26-27H,1-3,8-13H2,(H,25,29). The van der Waals surface area contributed by atoms with Crippen molar-refractivity contribution in [3.05, 3.63) is 35.4 Å². The molecule has 31 heavy (non-hydrogen) atoms. The van der Waals surface area contributed by atoms with Crippen LogP contribution in [-0.2, 0) is 22.3 Å². The SMILES string of the molecule is O=C(CCCC1CNNN1)NC1CCN(C(=O)OCc2ccc(C(F)(F)F)cc2)CC1. The minimum absolute atomic E-state index is 0.0160. The maximum absolute atomic E-state index is 12.6. The van der Waals surface area contributed by atoms with Crippen LogP contribution in [0.1, 0.15) is 43.2 Å². The van der Waals surface area contributed by atoms with Crippen LogP contribution >= 0.6 is 0 Å². The van der Waals surface area contributed by atoms with Crippen molar-refractivity contribution in [3.8, 4) is 0 Å². The topological polar surface area (TPSA) is 94.7 Å². The van der Waals surface area contributed by atoms with Crippen molar-refractivity contribution in [2.24, 2.45) is 0 Å². The van der Waals surface area contributed by atoms with Gasteiger partial charge in [-0.25, -0.2) is 15.6 Å². The summed E-state index contributed by atoms with van der Waals surface area (Å²) in [6.07, 6.45) is -1.46. The quantitative estimate of drug-likeness (QED) is 0.516. The lowest BCUT2D eigenvalue weighted by Crippen LogP contribution is -2.46. The molecule has 3 rings (SSSR count). The second-order valence-electron chi connectivity index (χ2n) is 7.82. The van der Waals surface area contributed by atoms with Gasteiger partial charge in [-0.05, 0) is 43.4 Å². The van der Waals surface area contributed by atoms with Crippen LogP contribution in [0.25, 0.3) is 0 Å². The van der Waals surface area contributed by atoms with E-state index in [1.807, 2.05) is 0 Å². The molecule has 0 aromatic heterocycles. The van der Waals surface area contributed by atoms with E-state index in [-0.39, 0.29) is 18.6 Å². The van der Waals surface area contributed by atoms with Crippen molar-refractivity contribution in [1.82, 2.24) is 26.6 Å². The number of likely N-dealkylation sites (tertiary alicyclic amines) is 1. The Morgan fingerprint density at radius 2 is 1.87 bits per heavy atom. The highest BCUT2D eigenvalue weighted by atomic mass is 19.4. The third-order valence-electron chi connectivity index (χ3n) is 5.43. The zero-order chi connectivity index (χ0) is 22.3. The number of piperidine rings is 1. The summed E-state index contributed by atoms with van der Waals surface area (Å²) in [6.45, 7) is 1.66. The molecule has 2 aliphatic rings. The highest BCUT2D eigenvalue weighted by Gasteiger charge is 2.30. The van der Waals surface area contributed by atoms with Crippen LogP contribution in [0, 0.1) is 0 Å².